The fraction of sp³-hybridized carbons (Fsp3) is 0.0870. The lowest BCUT2D eigenvalue weighted by molar-refractivity contribution is 1.16. The van der Waals surface area contributed by atoms with E-state index in [1.54, 1.807) is 6.20 Å². The van der Waals surface area contributed by atoms with Crippen LogP contribution in [-0.2, 0) is 0 Å². The molecule has 0 aliphatic carbocycles. The molecule has 0 radical (unpaired) electrons. The first kappa shape index (κ1) is 20.4. The maximum atomic E-state index is 4.80. The van der Waals surface area contributed by atoms with Gasteiger partial charge < -0.3 is 0 Å². The zero-order chi connectivity index (χ0) is 19.9. The van der Waals surface area contributed by atoms with Crippen LogP contribution in [-0.4, -0.2) is 15.0 Å². The molecule has 0 bridgehead atoms. The van der Waals surface area contributed by atoms with Crippen molar-refractivity contribution in [3.8, 4) is 34.0 Å². The summed E-state index contributed by atoms with van der Waals surface area (Å²) in [4.78, 5) is 14.0. The summed E-state index contributed by atoms with van der Waals surface area (Å²) in [7, 11) is 0. The fourth-order valence-corrected chi connectivity index (χ4v) is 3.95. The van der Waals surface area contributed by atoms with Crippen LogP contribution in [0, 0.1) is 0 Å². The lowest BCUT2D eigenvalue weighted by Crippen LogP contribution is -1.96. The summed E-state index contributed by atoms with van der Waals surface area (Å²) < 4.78 is 1.97. The predicted molar refractivity (Wildman–Crippen MR) is 123 cm³/mol. The summed E-state index contributed by atoms with van der Waals surface area (Å²) >= 11 is 7.10. The first-order chi connectivity index (χ1) is 13.7. The van der Waals surface area contributed by atoms with Crippen LogP contribution in [0.2, 0.25) is 0 Å². The Balaban J connectivity index is 0.00000109. The summed E-state index contributed by atoms with van der Waals surface area (Å²) in [5.74, 6) is 0.680. The van der Waals surface area contributed by atoms with Crippen molar-refractivity contribution in [2.24, 2.45) is 0 Å². The molecule has 0 saturated heterocycles. The Morgan fingerprint density at radius 3 is 1.89 bits per heavy atom. The molecule has 0 unspecified atom stereocenters. The Bertz CT molecular complexity index is 974. The number of nitrogens with zero attached hydrogens (tertiary/aromatic N) is 3. The lowest BCUT2D eigenvalue weighted by Gasteiger charge is -2.09. The summed E-state index contributed by atoms with van der Waals surface area (Å²) in [5.41, 5.74) is 4.44. The summed E-state index contributed by atoms with van der Waals surface area (Å²) in [5, 5.41) is 0. The normalized spacial score (nSPS) is 10.1. The molecule has 0 spiro atoms. The van der Waals surface area contributed by atoms with Crippen molar-refractivity contribution >= 4 is 31.9 Å². The van der Waals surface area contributed by atoms with Crippen LogP contribution in [0.5, 0.6) is 0 Å². The van der Waals surface area contributed by atoms with E-state index in [1.165, 1.54) is 0 Å². The zero-order valence-corrected chi connectivity index (χ0v) is 18.8. The Kier molecular flexibility index (Phi) is 7.06. The molecular weight excluding hydrogens is 478 g/mol. The second-order valence-corrected chi connectivity index (χ2v) is 7.53. The molecule has 0 amide bonds. The number of hydrogen-bond acceptors (Lipinski definition) is 3. The van der Waals surface area contributed by atoms with Crippen molar-refractivity contribution in [2.75, 3.05) is 0 Å². The number of rotatable bonds is 3. The topological polar surface area (TPSA) is 38.7 Å². The van der Waals surface area contributed by atoms with Crippen LogP contribution in [0.3, 0.4) is 0 Å². The molecule has 140 valence electrons. The van der Waals surface area contributed by atoms with Crippen LogP contribution in [0.25, 0.3) is 34.0 Å². The van der Waals surface area contributed by atoms with Gasteiger partial charge in [-0.05, 0) is 36.4 Å². The molecule has 4 rings (SSSR count). The van der Waals surface area contributed by atoms with Gasteiger partial charge in [0.05, 0.1) is 17.1 Å². The van der Waals surface area contributed by atoms with Crippen LogP contribution in [0.4, 0.5) is 0 Å². The van der Waals surface area contributed by atoms with Gasteiger partial charge in [-0.2, -0.15) is 0 Å². The molecule has 3 nitrogen and oxygen atoms in total. The molecule has 2 heterocycles. The average molecular weight is 497 g/mol. The smallest absolute Gasteiger partial charge is 0.160 e. The van der Waals surface area contributed by atoms with Gasteiger partial charge >= 0.3 is 0 Å². The summed E-state index contributed by atoms with van der Waals surface area (Å²) in [6.07, 6.45) is 1.77. The van der Waals surface area contributed by atoms with Crippen molar-refractivity contribution < 1.29 is 0 Å². The molecule has 0 atom stereocenters. The first-order valence-corrected chi connectivity index (χ1v) is 10.6. The minimum absolute atomic E-state index is 0.680. The van der Waals surface area contributed by atoms with Crippen molar-refractivity contribution in [3.63, 3.8) is 0 Å². The first-order valence-electron chi connectivity index (χ1n) is 9.01. The number of hydrogen-bond donors (Lipinski definition) is 0. The van der Waals surface area contributed by atoms with Crippen LogP contribution < -0.4 is 0 Å². The maximum Gasteiger partial charge on any atom is 0.160 e. The quantitative estimate of drug-likeness (QED) is 0.296. The van der Waals surface area contributed by atoms with E-state index in [-0.39, 0.29) is 0 Å². The third kappa shape index (κ3) is 4.91. The molecule has 0 fully saturated rings. The van der Waals surface area contributed by atoms with E-state index < -0.39 is 0 Å². The van der Waals surface area contributed by atoms with Gasteiger partial charge in [-0.1, -0.05) is 82.1 Å². The highest BCUT2D eigenvalue weighted by molar-refractivity contribution is 9.11. The van der Waals surface area contributed by atoms with E-state index in [0.717, 1.165) is 37.2 Å². The average Bonchev–Trinajstić information content (AvgIpc) is 2.75. The van der Waals surface area contributed by atoms with E-state index in [1.807, 2.05) is 86.6 Å². The van der Waals surface area contributed by atoms with Crippen molar-refractivity contribution in [3.05, 3.63) is 87.9 Å². The highest BCUT2D eigenvalue weighted by Gasteiger charge is 2.11. The molecule has 2 aromatic carbocycles. The zero-order valence-electron chi connectivity index (χ0n) is 15.6. The van der Waals surface area contributed by atoms with Crippen molar-refractivity contribution in [2.45, 2.75) is 13.8 Å². The minimum atomic E-state index is 0.680. The van der Waals surface area contributed by atoms with E-state index in [9.17, 15) is 0 Å². The maximum absolute atomic E-state index is 4.80. The monoisotopic (exact) mass is 495 g/mol. The highest BCUT2D eigenvalue weighted by Crippen LogP contribution is 2.30. The molecule has 0 N–H and O–H groups in total. The highest BCUT2D eigenvalue weighted by atomic mass is 79.9. The van der Waals surface area contributed by atoms with E-state index in [2.05, 4.69) is 36.8 Å². The van der Waals surface area contributed by atoms with Gasteiger partial charge in [0.25, 0.3) is 0 Å². The van der Waals surface area contributed by atoms with Crippen LogP contribution in [0.15, 0.2) is 87.9 Å². The molecular formula is C23H19Br2N3. The SMILES string of the molecule is Brc1cc(Br)cc(-c2cc(-c3ccccn3)nc(-c3ccccc3)n2)c1.CC. The van der Waals surface area contributed by atoms with Gasteiger partial charge in [-0.3, -0.25) is 4.98 Å². The van der Waals surface area contributed by atoms with Gasteiger partial charge in [0.15, 0.2) is 5.82 Å². The van der Waals surface area contributed by atoms with Crippen LogP contribution in [0.1, 0.15) is 13.8 Å². The molecule has 0 saturated carbocycles. The Labute approximate surface area is 182 Å². The lowest BCUT2D eigenvalue weighted by atomic mass is 10.1. The number of benzene rings is 2. The molecule has 5 heteroatoms. The Morgan fingerprint density at radius 2 is 1.25 bits per heavy atom. The molecule has 2 aromatic heterocycles. The van der Waals surface area contributed by atoms with Gasteiger partial charge in [0.1, 0.15) is 0 Å². The Hall–Kier alpha value is -2.37. The minimum Gasteiger partial charge on any atom is -0.255 e. The molecule has 28 heavy (non-hydrogen) atoms. The second-order valence-electron chi connectivity index (χ2n) is 5.70. The second kappa shape index (κ2) is 9.71. The van der Waals surface area contributed by atoms with E-state index >= 15 is 0 Å². The number of aromatic nitrogens is 3. The van der Waals surface area contributed by atoms with Gasteiger partial charge in [0, 0.05) is 26.3 Å². The largest absolute Gasteiger partial charge is 0.255 e. The number of halogens is 2. The Morgan fingerprint density at radius 1 is 0.607 bits per heavy atom. The fourth-order valence-electron chi connectivity index (χ4n) is 2.66. The summed E-state index contributed by atoms with van der Waals surface area (Å²) in [6.45, 7) is 4.00. The van der Waals surface area contributed by atoms with Gasteiger partial charge in [0.2, 0.25) is 0 Å². The standard InChI is InChI=1S/C21H13Br2N3.C2H6/c22-16-10-15(11-17(23)12-16)19-13-20(18-8-4-5-9-24-18)26-21(25-19)14-6-2-1-3-7-14;1-2/h1-13H;1-2H3. The van der Waals surface area contributed by atoms with Gasteiger partial charge in [-0.15, -0.1) is 0 Å². The van der Waals surface area contributed by atoms with Crippen molar-refractivity contribution in [1.29, 1.82) is 0 Å². The number of pyridine rings is 1. The third-order valence-corrected chi connectivity index (χ3v) is 4.76. The molecule has 4 aromatic rings. The van der Waals surface area contributed by atoms with Crippen molar-refractivity contribution in [1.82, 2.24) is 15.0 Å². The predicted octanol–water partition coefficient (Wildman–Crippen LogP) is 7.42. The molecule has 0 aliphatic rings. The summed E-state index contributed by atoms with van der Waals surface area (Å²) in [6, 6.07) is 23.9. The van der Waals surface area contributed by atoms with Crippen LogP contribution >= 0.6 is 31.9 Å². The van der Waals surface area contributed by atoms with E-state index in [0.29, 0.717) is 5.82 Å². The molecule has 0 aliphatic heterocycles. The van der Waals surface area contributed by atoms with Gasteiger partial charge in [-0.25, -0.2) is 9.97 Å². The third-order valence-electron chi connectivity index (χ3n) is 3.84. The van der Waals surface area contributed by atoms with E-state index in [4.69, 9.17) is 9.97 Å².